The summed E-state index contributed by atoms with van der Waals surface area (Å²) in [7, 11) is 0. The molecular weight excluding hydrogens is 180 g/mol. The molecule has 1 aromatic heterocycles. The standard InChI is InChI=1S/C10H16N2O2/c1-8-4-3-5-11-9(8)12-6-10(2,14)7-13/h3-5,13-14H,6-7H2,1-2H3,(H,11,12). The number of hydrogen-bond acceptors (Lipinski definition) is 4. The van der Waals surface area contributed by atoms with Gasteiger partial charge in [-0.15, -0.1) is 0 Å². The van der Waals surface area contributed by atoms with Crippen LogP contribution in [0.1, 0.15) is 12.5 Å². The van der Waals surface area contributed by atoms with E-state index >= 15 is 0 Å². The fourth-order valence-corrected chi connectivity index (χ4v) is 1.00. The van der Waals surface area contributed by atoms with Gasteiger partial charge in [-0.2, -0.15) is 0 Å². The third kappa shape index (κ3) is 2.97. The number of nitrogens with one attached hydrogen (secondary N) is 1. The van der Waals surface area contributed by atoms with Gasteiger partial charge in [0.15, 0.2) is 0 Å². The van der Waals surface area contributed by atoms with Gasteiger partial charge in [0, 0.05) is 12.7 Å². The third-order valence-electron chi connectivity index (χ3n) is 1.99. The number of nitrogens with zero attached hydrogens (tertiary/aromatic N) is 1. The molecule has 1 unspecified atom stereocenters. The predicted octanol–water partition coefficient (Wildman–Crippen LogP) is 0.545. The number of pyridine rings is 1. The third-order valence-corrected chi connectivity index (χ3v) is 1.99. The van der Waals surface area contributed by atoms with E-state index in [-0.39, 0.29) is 13.2 Å². The molecule has 3 N–H and O–H groups in total. The second-order valence-electron chi connectivity index (χ2n) is 3.68. The number of aryl methyl sites for hydroxylation is 1. The number of hydrogen-bond donors (Lipinski definition) is 3. The highest BCUT2D eigenvalue weighted by Gasteiger charge is 2.18. The van der Waals surface area contributed by atoms with Crippen LogP contribution in [0.15, 0.2) is 18.3 Å². The van der Waals surface area contributed by atoms with Crippen molar-refractivity contribution in [3.8, 4) is 0 Å². The van der Waals surface area contributed by atoms with Crippen LogP contribution in [0.3, 0.4) is 0 Å². The van der Waals surface area contributed by atoms with Crippen molar-refractivity contribution in [3.63, 3.8) is 0 Å². The van der Waals surface area contributed by atoms with E-state index in [9.17, 15) is 5.11 Å². The molecule has 0 saturated carbocycles. The van der Waals surface area contributed by atoms with Crippen molar-refractivity contribution in [3.05, 3.63) is 23.9 Å². The van der Waals surface area contributed by atoms with E-state index in [4.69, 9.17) is 5.11 Å². The Morgan fingerprint density at radius 3 is 2.86 bits per heavy atom. The van der Waals surface area contributed by atoms with Crippen LogP contribution in [0.5, 0.6) is 0 Å². The molecule has 0 aliphatic heterocycles. The van der Waals surface area contributed by atoms with Crippen molar-refractivity contribution in [1.29, 1.82) is 0 Å². The van der Waals surface area contributed by atoms with Crippen LogP contribution in [0.25, 0.3) is 0 Å². The summed E-state index contributed by atoms with van der Waals surface area (Å²) in [6.07, 6.45) is 1.68. The summed E-state index contributed by atoms with van der Waals surface area (Å²) in [6, 6.07) is 3.79. The van der Waals surface area contributed by atoms with Crippen molar-refractivity contribution in [2.75, 3.05) is 18.5 Å². The average molecular weight is 196 g/mol. The molecule has 4 nitrogen and oxygen atoms in total. The molecule has 1 atom stereocenters. The summed E-state index contributed by atoms with van der Waals surface area (Å²) in [5.74, 6) is 0.737. The van der Waals surface area contributed by atoms with Gasteiger partial charge in [-0.05, 0) is 25.5 Å². The van der Waals surface area contributed by atoms with Gasteiger partial charge >= 0.3 is 0 Å². The number of aliphatic hydroxyl groups excluding tert-OH is 1. The zero-order valence-electron chi connectivity index (χ0n) is 8.49. The molecule has 14 heavy (non-hydrogen) atoms. The van der Waals surface area contributed by atoms with Gasteiger partial charge in [-0.25, -0.2) is 4.98 Å². The summed E-state index contributed by atoms with van der Waals surface area (Å²) in [5, 5.41) is 21.3. The van der Waals surface area contributed by atoms with Crippen LogP contribution in [0, 0.1) is 6.92 Å². The lowest BCUT2D eigenvalue weighted by Gasteiger charge is -2.21. The molecule has 0 bridgehead atoms. The minimum absolute atomic E-state index is 0.272. The Hall–Kier alpha value is -1.13. The Morgan fingerprint density at radius 1 is 1.57 bits per heavy atom. The second-order valence-corrected chi connectivity index (χ2v) is 3.68. The summed E-state index contributed by atoms with van der Waals surface area (Å²) in [6.45, 7) is 3.51. The Kier molecular flexibility index (Phi) is 3.43. The van der Waals surface area contributed by atoms with Gasteiger partial charge in [-0.1, -0.05) is 6.07 Å². The van der Waals surface area contributed by atoms with Crippen LogP contribution < -0.4 is 5.32 Å². The van der Waals surface area contributed by atoms with Crippen LogP contribution >= 0.6 is 0 Å². The lowest BCUT2D eigenvalue weighted by atomic mass is 10.1. The molecular formula is C10H16N2O2. The molecule has 1 heterocycles. The molecule has 1 rings (SSSR count). The number of anilines is 1. The highest BCUT2D eigenvalue weighted by Crippen LogP contribution is 2.11. The first-order valence-corrected chi connectivity index (χ1v) is 4.54. The maximum Gasteiger partial charge on any atom is 0.128 e. The zero-order chi connectivity index (χ0) is 10.6. The smallest absolute Gasteiger partial charge is 0.128 e. The van der Waals surface area contributed by atoms with Crippen LogP contribution in [-0.4, -0.2) is 33.9 Å². The summed E-state index contributed by atoms with van der Waals surface area (Å²) < 4.78 is 0. The van der Waals surface area contributed by atoms with E-state index in [1.54, 1.807) is 13.1 Å². The molecule has 1 aromatic rings. The molecule has 4 heteroatoms. The number of rotatable bonds is 4. The van der Waals surface area contributed by atoms with Crippen molar-refractivity contribution in [2.24, 2.45) is 0 Å². The second kappa shape index (κ2) is 4.39. The van der Waals surface area contributed by atoms with Gasteiger partial charge in [0.05, 0.1) is 6.61 Å². The molecule has 0 aromatic carbocycles. The topological polar surface area (TPSA) is 65.4 Å². The van der Waals surface area contributed by atoms with E-state index in [1.165, 1.54) is 0 Å². The lowest BCUT2D eigenvalue weighted by Crippen LogP contribution is -2.37. The van der Waals surface area contributed by atoms with Crippen LogP contribution in [-0.2, 0) is 0 Å². The molecule has 0 aliphatic rings. The van der Waals surface area contributed by atoms with E-state index in [1.807, 2.05) is 19.1 Å². The molecule has 0 spiro atoms. The van der Waals surface area contributed by atoms with Crippen molar-refractivity contribution in [1.82, 2.24) is 4.98 Å². The van der Waals surface area contributed by atoms with Gasteiger partial charge in [0.1, 0.15) is 11.4 Å². The predicted molar refractivity (Wildman–Crippen MR) is 55.2 cm³/mol. The zero-order valence-corrected chi connectivity index (χ0v) is 8.49. The van der Waals surface area contributed by atoms with E-state index in [0.717, 1.165) is 11.4 Å². The first-order valence-electron chi connectivity index (χ1n) is 4.54. The van der Waals surface area contributed by atoms with Gasteiger partial charge < -0.3 is 15.5 Å². The maximum absolute atomic E-state index is 9.54. The van der Waals surface area contributed by atoms with Crippen molar-refractivity contribution in [2.45, 2.75) is 19.4 Å². The normalized spacial score (nSPS) is 14.9. The quantitative estimate of drug-likeness (QED) is 0.658. The first kappa shape index (κ1) is 10.9. The largest absolute Gasteiger partial charge is 0.393 e. The van der Waals surface area contributed by atoms with Crippen molar-refractivity contribution < 1.29 is 10.2 Å². The molecule has 0 saturated heterocycles. The minimum Gasteiger partial charge on any atom is -0.393 e. The fourth-order valence-electron chi connectivity index (χ4n) is 1.00. The SMILES string of the molecule is Cc1cccnc1NCC(C)(O)CO. The number of aliphatic hydroxyl groups is 2. The monoisotopic (exact) mass is 196 g/mol. The maximum atomic E-state index is 9.54. The minimum atomic E-state index is -1.11. The van der Waals surface area contributed by atoms with Gasteiger partial charge in [-0.3, -0.25) is 0 Å². The number of aromatic nitrogens is 1. The van der Waals surface area contributed by atoms with Crippen LogP contribution in [0.2, 0.25) is 0 Å². The molecule has 0 radical (unpaired) electrons. The Labute approximate surface area is 83.6 Å². The average Bonchev–Trinajstić information content (AvgIpc) is 2.17. The molecule has 0 amide bonds. The van der Waals surface area contributed by atoms with E-state index in [2.05, 4.69) is 10.3 Å². The van der Waals surface area contributed by atoms with Crippen molar-refractivity contribution >= 4 is 5.82 Å². The summed E-state index contributed by atoms with van der Waals surface area (Å²) >= 11 is 0. The van der Waals surface area contributed by atoms with Gasteiger partial charge in [0.2, 0.25) is 0 Å². The van der Waals surface area contributed by atoms with Gasteiger partial charge in [0.25, 0.3) is 0 Å². The van der Waals surface area contributed by atoms with E-state index < -0.39 is 5.60 Å². The Balaban J connectivity index is 2.58. The highest BCUT2D eigenvalue weighted by atomic mass is 16.3. The first-order chi connectivity index (χ1) is 6.55. The molecule has 0 aliphatic carbocycles. The lowest BCUT2D eigenvalue weighted by molar-refractivity contribution is 0.0131. The molecule has 78 valence electrons. The van der Waals surface area contributed by atoms with Crippen LogP contribution in [0.4, 0.5) is 5.82 Å². The summed E-state index contributed by atoms with van der Waals surface area (Å²) in [4.78, 5) is 4.11. The Bertz CT molecular complexity index is 300. The fraction of sp³-hybridized carbons (Fsp3) is 0.500. The van der Waals surface area contributed by atoms with E-state index in [0.29, 0.717) is 0 Å². The highest BCUT2D eigenvalue weighted by molar-refractivity contribution is 5.42. The Morgan fingerprint density at radius 2 is 2.29 bits per heavy atom. The molecule has 0 fully saturated rings. The summed E-state index contributed by atoms with van der Waals surface area (Å²) in [5.41, 5.74) is -0.0921.